The lowest BCUT2D eigenvalue weighted by Gasteiger charge is -2.31. The van der Waals surface area contributed by atoms with Crippen molar-refractivity contribution in [3.8, 4) is 0 Å². The molecule has 0 N–H and O–H groups in total. The van der Waals surface area contributed by atoms with Crippen LogP contribution in [0.5, 0.6) is 0 Å². The summed E-state index contributed by atoms with van der Waals surface area (Å²) in [5.41, 5.74) is 0.345. The van der Waals surface area contributed by atoms with Gasteiger partial charge in [-0.05, 0) is 30.5 Å². The molecule has 0 radical (unpaired) electrons. The molecule has 1 aliphatic carbocycles. The molecular weight excluding hydrogens is 262 g/mol. The molecule has 0 spiro atoms. The number of hydrogen-bond acceptors (Lipinski definition) is 3. The molecule has 0 unspecified atom stereocenters. The Kier molecular flexibility index (Phi) is 5.68. The number of carbonyl (C=O) groups excluding carboxylic acids is 2. The molecule has 1 fully saturated rings. The second-order valence-electron chi connectivity index (χ2n) is 4.28. The second kappa shape index (κ2) is 7.03. The van der Waals surface area contributed by atoms with Gasteiger partial charge in [-0.2, -0.15) is 4.99 Å². The zero-order valence-corrected chi connectivity index (χ0v) is 11.4. The number of Topliss-reactive ketones (excluding diaryl/α,β-unsaturated/α-hetero) is 1. The van der Waals surface area contributed by atoms with Gasteiger partial charge < -0.3 is 0 Å². The summed E-state index contributed by atoms with van der Waals surface area (Å²) in [4.78, 5) is 25.8. The van der Waals surface area contributed by atoms with Gasteiger partial charge in [-0.3, -0.25) is 4.79 Å². The zero-order valence-electron chi connectivity index (χ0n) is 10.7. The molecule has 1 aromatic rings. The fourth-order valence-electron chi connectivity index (χ4n) is 2.25. The molecule has 1 saturated carbocycles. The molecule has 0 atom stereocenters. The van der Waals surface area contributed by atoms with Crippen molar-refractivity contribution in [2.24, 2.45) is 4.99 Å². The Morgan fingerprint density at radius 1 is 1.16 bits per heavy atom. The minimum atomic E-state index is -0.583. The Balaban J connectivity index is 0.000000861. The van der Waals surface area contributed by atoms with Crippen LogP contribution in [0.4, 0.5) is 0 Å². The van der Waals surface area contributed by atoms with Crippen LogP contribution in [0.15, 0.2) is 42.4 Å². The number of rotatable bonds is 2. The van der Waals surface area contributed by atoms with Crippen molar-refractivity contribution < 1.29 is 9.59 Å². The molecule has 0 aromatic heterocycles. The maximum absolute atomic E-state index is 11.3. The van der Waals surface area contributed by atoms with Crippen LogP contribution in [0.3, 0.4) is 0 Å². The molecule has 4 heteroatoms. The number of halogens is 1. The number of isocyanates is 1. The average molecular weight is 278 g/mol. The Labute approximate surface area is 118 Å². The molecule has 0 amide bonds. The zero-order chi connectivity index (χ0) is 14.3. The van der Waals surface area contributed by atoms with Crippen LogP contribution in [0.1, 0.15) is 31.2 Å². The Bertz CT molecular complexity index is 479. The highest BCUT2D eigenvalue weighted by atomic mass is 35.5. The van der Waals surface area contributed by atoms with Gasteiger partial charge >= 0.3 is 0 Å². The number of ketones is 1. The van der Waals surface area contributed by atoms with Gasteiger partial charge in [-0.1, -0.05) is 23.7 Å². The van der Waals surface area contributed by atoms with E-state index in [0.29, 0.717) is 30.7 Å². The Morgan fingerprint density at radius 3 is 2.16 bits per heavy atom. The lowest BCUT2D eigenvalue weighted by Crippen LogP contribution is -2.30. The summed E-state index contributed by atoms with van der Waals surface area (Å²) in [6.07, 6.45) is 3.71. The number of benzene rings is 1. The summed E-state index contributed by atoms with van der Waals surface area (Å²) in [6, 6.07) is 7.27. The van der Waals surface area contributed by atoms with Crippen LogP contribution < -0.4 is 0 Å². The standard InChI is InChI=1S/C13H12ClNO2.C2H4/c14-11-3-1-10(2-4-11)13(15-9-16)7-5-12(17)6-8-13;1-2/h1-4H,5-8H2;1-2H2. The van der Waals surface area contributed by atoms with Crippen LogP contribution in [-0.2, 0) is 15.1 Å². The minimum absolute atomic E-state index is 0.232. The summed E-state index contributed by atoms with van der Waals surface area (Å²) in [5.74, 6) is 0.232. The average Bonchev–Trinajstić information content (AvgIpc) is 2.45. The second-order valence-corrected chi connectivity index (χ2v) is 4.72. The Morgan fingerprint density at radius 2 is 1.68 bits per heavy atom. The van der Waals surface area contributed by atoms with E-state index in [2.05, 4.69) is 18.2 Å². The lowest BCUT2D eigenvalue weighted by atomic mass is 9.77. The third-order valence-corrected chi connectivity index (χ3v) is 3.53. The van der Waals surface area contributed by atoms with Gasteiger partial charge in [-0.15, -0.1) is 13.2 Å². The summed E-state index contributed by atoms with van der Waals surface area (Å²) < 4.78 is 0. The van der Waals surface area contributed by atoms with Crippen molar-refractivity contribution >= 4 is 23.5 Å². The first-order valence-electron chi connectivity index (χ1n) is 6.03. The quantitative estimate of drug-likeness (QED) is 0.469. The summed E-state index contributed by atoms with van der Waals surface area (Å²) >= 11 is 5.83. The summed E-state index contributed by atoms with van der Waals surface area (Å²) in [5, 5.41) is 0.644. The van der Waals surface area contributed by atoms with Crippen LogP contribution >= 0.6 is 11.6 Å². The van der Waals surface area contributed by atoms with Gasteiger partial charge in [0.05, 0.1) is 5.54 Å². The number of nitrogens with zero attached hydrogens (tertiary/aromatic N) is 1. The van der Waals surface area contributed by atoms with Crippen LogP contribution in [0, 0.1) is 0 Å². The van der Waals surface area contributed by atoms with E-state index < -0.39 is 5.54 Å². The Hall–Kier alpha value is -1.70. The smallest absolute Gasteiger partial charge is 0.235 e. The van der Waals surface area contributed by atoms with E-state index in [-0.39, 0.29) is 5.78 Å². The first-order valence-corrected chi connectivity index (χ1v) is 6.41. The van der Waals surface area contributed by atoms with Gasteiger partial charge in [0, 0.05) is 17.9 Å². The SMILES string of the molecule is C=C.O=C=NC1(c2ccc(Cl)cc2)CCC(=O)CC1. The van der Waals surface area contributed by atoms with Gasteiger partial charge in [-0.25, -0.2) is 4.79 Å². The molecule has 100 valence electrons. The highest BCUT2D eigenvalue weighted by molar-refractivity contribution is 6.30. The maximum Gasteiger partial charge on any atom is 0.235 e. The molecule has 19 heavy (non-hydrogen) atoms. The van der Waals surface area contributed by atoms with Crippen LogP contribution in [-0.4, -0.2) is 11.9 Å². The van der Waals surface area contributed by atoms with E-state index in [4.69, 9.17) is 11.6 Å². The van der Waals surface area contributed by atoms with Crippen molar-refractivity contribution in [1.29, 1.82) is 0 Å². The normalized spacial score (nSPS) is 16.8. The van der Waals surface area contributed by atoms with Crippen molar-refractivity contribution in [3.05, 3.63) is 48.0 Å². The van der Waals surface area contributed by atoms with E-state index >= 15 is 0 Å². The first kappa shape index (κ1) is 15.4. The van der Waals surface area contributed by atoms with Crippen LogP contribution in [0.2, 0.25) is 5.02 Å². The van der Waals surface area contributed by atoms with E-state index in [1.54, 1.807) is 18.2 Å². The predicted molar refractivity (Wildman–Crippen MR) is 76.0 cm³/mol. The van der Waals surface area contributed by atoms with Crippen molar-refractivity contribution in [3.63, 3.8) is 0 Å². The third kappa shape index (κ3) is 3.63. The van der Waals surface area contributed by atoms with E-state index in [0.717, 1.165) is 5.56 Å². The fourth-order valence-corrected chi connectivity index (χ4v) is 2.38. The molecular formula is C15H16ClNO2. The van der Waals surface area contributed by atoms with E-state index in [1.807, 2.05) is 12.1 Å². The molecule has 0 saturated heterocycles. The fraction of sp³-hybridized carbons (Fsp3) is 0.333. The first-order chi connectivity index (χ1) is 9.16. The number of carbonyl (C=O) groups is 1. The maximum atomic E-state index is 11.3. The van der Waals surface area contributed by atoms with Gasteiger partial charge in [0.2, 0.25) is 6.08 Å². The molecule has 0 aliphatic heterocycles. The number of aliphatic imine (C=N–C) groups is 1. The highest BCUT2D eigenvalue weighted by Crippen LogP contribution is 2.39. The molecule has 2 rings (SSSR count). The van der Waals surface area contributed by atoms with Gasteiger partial charge in [0.1, 0.15) is 5.78 Å². The molecule has 0 bridgehead atoms. The summed E-state index contributed by atoms with van der Waals surface area (Å²) in [7, 11) is 0. The number of hydrogen-bond donors (Lipinski definition) is 0. The van der Waals surface area contributed by atoms with Crippen molar-refractivity contribution in [2.45, 2.75) is 31.2 Å². The third-order valence-electron chi connectivity index (χ3n) is 3.28. The lowest BCUT2D eigenvalue weighted by molar-refractivity contribution is -0.121. The van der Waals surface area contributed by atoms with Crippen molar-refractivity contribution in [2.75, 3.05) is 0 Å². The van der Waals surface area contributed by atoms with Gasteiger partial charge in [0.25, 0.3) is 0 Å². The molecule has 3 nitrogen and oxygen atoms in total. The highest BCUT2D eigenvalue weighted by Gasteiger charge is 2.36. The van der Waals surface area contributed by atoms with Gasteiger partial charge in [0.15, 0.2) is 0 Å². The predicted octanol–water partition coefficient (Wildman–Crippen LogP) is 3.82. The molecule has 0 heterocycles. The minimum Gasteiger partial charge on any atom is -0.300 e. The van der Waals surface area contributed by atoms with E-state index in [1.165, 1.54) is 0 Å². The summed E-state index contributed by atoms with van der Waals surface area (Å²) in [6.45, 7) is 6.00. The van der Waals surface area contributed by atoms with Crippen LogP contribution in [0.25, 0.3) is 0 Å². The molecule has 1 aliphatic rings. The van der Waals surface area contributed by atoms with E-state index in [9.17, 15) is 9.59 Å². The largest absolute Gasteiger partial charge is 0.300 e. The topological polar surface area (TPSA) is 46.5 Å². The molecule has 1 aromatic carbocycles. The van der Waals surface area contributed by atoms with Crippen molar-refractivity contribution in [1.82, 2.24) is 0 Å². The monoisotopic (exact) mass is 277 g/mol.